The maximum Gasteiger partial charge on any atom is 0.272 e. The number of aromatic amines is 1. The summed E-state index contributed by atoms with van der Waals surface area (Å²) in [7, 11) is 0. The molecule has 1 saturated heterocycles. The van der Waals surface area contributed by atoms with E-state index >= 15 is 0 Å². The summed E-state index contributed by atoms with van der Waals surface area (Å²) in [5.41, 5.74) is 2.68. The molecule has 1 amide bonds. The minimum absolute atomic E-state index is 0.0107. The largest absolute Gasteiger partial charge is 0.379 e. The van der Waals surface area contributed by atoms with Gasteiger partial charge in [-0.1, -0.05) is 24.3 Å². The van der Waals surface area contributed by atoms with Gasteiger partial charge in [-0.3, -0.25) is 9.59 Å². The monoisotopic (exact) mass is 486 g/mol. The van der Waals surface area contributed by atoms with Gasteiger partial charge in [-0.15, -0.1) is 0 Å². The number of benzene rings is 2. The van der Waals surface area contributed by atoms with Gasteiger partial charge in [0.25, 0.3) is 11.5 Å². The van der Waals surface area contributed by atoms with Crippen LogP contribution >= 0.6 is 0 Å². The van der Waals surface area contributed by atoms with Crippen LogP contribution in [0, 0.1) is 5.82 Å². The van der Waals surface area contributed by atoms with Crippen LogP contribution in [-0.2, 0) is 24.2 Å². The lowest BCUT2D eigenvalue weighted by atomic mass is 10.0. The fourth-order valence-corrected chi connectivity index (χ4v) is 4.71. The van der Waals surface area contributed by atoms with Crippen LogP contribution in [0.3, 0.4) is 0 Å². The summed E-state index contributed by atoms with van der Waals surface area (Å²) in [5.74, 6) is -0.494. The van der Waals surface area contributed by atoms with Gasteiger partial charge in [-0.05, 0) is 30.2 Å². The van der Waals surface area contributed by atoms with Gasteiger partial charge in [0.15, 0.2) is 0 Å². The quantitative estimate of drug-likeness (QED) is 0.446. The minimum Gasteiger partial charge on any atom is -0.379 e. The molecule has 0 radical (unpaired) electrons. The molecule has 0 unspecified atom stereocenters. The number of nitrogens with one attached hydrogen (secondary N) is 2. The molecular formula is C26H23FN6O3. The van der Waals surface area contributed by atoms with E-state index in [9.17, 15) is 14.0 Å². The molecule has 1 atom stereocenters. The van der Waals surface area contributed by atoms with Crippen molar-refractivity contribution in [3.05, 3.63) is 92.9 Å². The molecule has 0 spiro atoms. The Hall–Kier alpha value is -4.18. The number of anilines is 1. The third-order valence-corrected chi connectivity index (χ3v) is 6.61. The zero-order chi connectivity index (χ0) is 24.6. The zero-order valence-corrected chi connectivity index (χ0v) is 19.3. The second-order valence-electron chi connectivity index (χ2n) is 9.07. The lowest BCUT2D eigenvalue weighted by molar-refractivity contribution is 0.0745. The van der Waals surface area contributed by atoms with Crippen LogP contribution in [0.2, 0.25) is 0 Å². The minimum atomic E-state index is -0.589. The van der Waals surface area contributed by atoms with E-state index in [0.29, 0.717) is 48.8 Å². The van der Waals surface area contributed by atoms with Gasteiger partial charge in [0.2, 0.25) is 5.95 Å². The van der Waals surface area contributed by atoms with Crippen LogP contribution in [0.15, 0.2) is 53.5 Å². The molecule has 2 aliphatic rings. The summed E-state index contributed by atoms with van der Waals surface area (Å²) in [4.78, 5) is 35.9. The van der Waals surface area contributed by atoms with Crippen molar-refractivity contribution < 1.29 is 13.9 Å². The van der Waals surface area contributed by atoms with Crippen molar-refractivity contribution in [1.29, 1.82) is 0 Å². The van der Waals surface area contributed by atoms with E-state index in [0.717, 1.165) is 23.1 Å². The van der Waals surface area contributed by atoms with E-state index in [1.54, 1.807) is 35.4 Å². The number of fused-ring (bicyclic) bond motifs is 2. The standard InChI is InChI=1S/C26H23FN6O3/c27-21-6-5-15(10-22-18-3-1-2-4-19(18)24(34)32-31-22)9-20(21)25(35)33-12-16-11-28-26(30-23(16)13-33)29-17-7-8-36-14-17/h1-6,9,11,17H,7-8,10,12-14H2,(H,32,34)(H,28,29,30)/t17-/m0/s1. The molecule has 9 nitrogen and oxygen atoms in total. The number of hydrogen-bond donors (Lipinski definition) is 2. The van der Waals surface area contributed by atoms with Gasteiger partial charge < -0.3 is 15.0 Å². The zero-order valence-electron chi connectivity index (χ0n) is 19.3. The van der Waals surface area contributed by atoms with E-state index in [1.807, 2.05) is 12.1 Å². The number of H-pyrrole nitrogens is 1. The van der Waals surface area contributed by atoms with Crippen LogP contribution in [-0.4, -0.2) is 50.2 Å². The summed E-state index contributed by atoms with van der Waals surface area (Å²) in [6.45, 7) is 1.92. The van der Waals surface area contributed by atoms with E-state index in [4.69, 9.17) is 4.74 Å². The molecule has 2 aliphatic heterocycles. The Labute approximate surface area is 205 Å². The number of nitrogens with zero attached hydrogens (tertiary/aromatic N) is 4. The predicted octanol–water partition coefficient (Wildman–Crippen LogP) is 2.80. The molecule has 2 aromatic heterocycles. The van der Waals surface area contributed by atoms with E-state index < -0.39 is 11.7 Å². The fraction of sp³-hybridized carbons (Fsp3) is 0.269. The van der Waals surface area contributed by atoms with Crippen LogP contribution in [0.1, 0.15) is 39.3 Å². The number of halogens is 1. The summed E-state index contributed by atoms with van der Waals surface area (Å²) in [6.07, 6.45) is 2.95. The smallest absolute Gasteiger partial charge is 0.272 e. The Balaban J connectivity index is 1.22. The number of rotatable bonds is 5. The first-order chi connectivity index (χ1) is 17.5. The Morgan fingerprint density at radius 1 is 1.19 bits per heavy atom. The number of hydrogen-bond acceptors (Lipinski definition) is 7. The molecule has 182 valence electrons. The van der Waals surface area contributed by atoms with Crippen molar-refractivity contribution in [2.24, 2.45) is 0 Å². The SMILES string of the molecule is O=C(c1cc(Cc2n[nH]c(=O)c3ccccc23)ccc1F)N1Cc2cnc(N[C@H]3CCOC3)nc2C1. The lowest BCUT2D eigenvalue weighted by Crippen LogP contribution is -2.26. The second kappa shape index (κ2) is 9.12. The van der Waals surface area contributed by atoms with E-state index in [-0.39, 0.29) is 23.7 Å². The first-order valence-electron chi connectivity index (χ1n) is 11.8. The van der Waals surface area contributed by atoms with Crippen molar-refractivity contribution in [3.63, 3.8) is 0 Å². The Morgan fingerprint density at radius 2 is 2.06 bits per heavy atom. The molecule has 1 fully saturated rings. The Bertz CT molecular complexity index is 1530. The fourth-order valence-electron chi connectivity index (χ4n) is 4.71. The first kappa shape index (κ1) is 22.3. The number of ether oxygens (including phenoxy) is 1. The number of aromatic nitrogens is 4. The van der Waals surface area contributed by atoms with Crippen molar-refractivity contribution in [2.45, 2.75) is 32.0 Å². The van der Waals surface area contributed by atoms with E-state index in [2.05, 4.69) is 25.5 Å². The Morgan fingerprint density at radius 3 is 2.89 bits per heavy atom. The van der Waals surface area contributed by atoms with Crippen LogP contribution in [0.25, 0.3) is 10.8 Å². The van der Waals surface area contributed by atoms with Crippen LogP contribution in [0.5, 0.6) is 0 Å². The highest BCUT2D eigenvalue weighted by atomic mass is 19.1. The number of amides is 1. The van der Waals surface area contributed by atoms with Gasteiger partial charge in [0, 0.05) is 36.7 Å². The topological polar surface area (TPSA) is 113 Å². The van der Waals surface area contributed by atoms with Gasteiger partial charge in [-0.2, -0.15) is 5.10 Å². The molecule has 36 heavy (non-hydrogen) atoms. The highest BCUT2D eigenvalue weighted by molar-refractivity contribution is 5.95. The van der Waals surface area contributed by atoms with Crippen molar-refractivity contribution in [3.8, 4) is 0 Å². The van der Waals surface area contributed by atoms with Crippen molar-refractivity contribution in [2.75, 3.05) is 18.5 Å². The van der Waals surface area contributed by atoms with Gasteiger partial charge >= 0.3 is 0 Å². The van der Waals surface area contributed by atoms with Crippen molar-refractivity contribution in [1.82, 2.24) is 25.1 Å². The summed E-state index contributed by atoms with van der Waals surface area (Å²) < 4.78 is 20.2. The van der Waals surface area contributed by atoms with Gasteiger partial charge in [-0.25, -0.2) is 19.5 Å². The molecule has 0 aliphatic carbocycles. The molecule has 2 N–H and O–H groups in total. The molecule has 2 aromatic carbocycles. The molecule has 10 heteroatoms. The van der Waals surface area contributed by atoms with Gasteiger partial charge in [0.05, 0.1) is 41.5 Å². The summed E-state index contributed by atoms with van der Waals surface area (Å²) >= 11 is 0. The number of carbonyl (C=O) groups is 1. The average molecular weight is 487 g/mol. The lowest BCUT2D eigenvalue weighted by Gasteiger charge is -2.16. The highest BCUT2D eigenvalue weighted by Crippen LogP contribution is 2.26. The van der Waals surface area contributed by atoms with Crippen molar-refractivity contribution >= 4 is 22.6 Å². The normalized spacial score (nSPS) is 16.9. The van der Waals surface area contributed by atoms with Gasteiger partial charge in [0.1, 0.15) is 5.82 Å². The third-order valence-electron chi connectivity index (χ3n) is 6.61. The number of carbonyl (C=O) groups excluding carboxylic acids is 1. The average Bonchev–Trinajstić information content (AvgIpc) is 3.56. The molecule has 0 saturated carbocycles. The molecule has 0 bridgehead atoms. The molecule has 6 rings (SSSR count). The second-order valence-corrected chi connectivity index (χ2v) is 9.07. The highest BCUT2D eigenvalue weighted by Gasteiger charge is 2.28. The summed E-state index contributed by atoms with van der Waals surface area (Å²) in [5, 5.41) is 11.2. The molecule has 4 aromatic rings. The first-order valence-corrected chi connectivity index (χ1v) is 11.8. The Kier molecular flexibility index (Phi) is 5.65. The molecule has 4 heterocycles. The predicted molar refractivity (Wildman–Crippen MR) is 130 cm³/mol. The third kappa shape index (κ3) is 4.20. The van der Waals surface area contributed by atoms with Crippen LogP contribution in [0.4, 0.5) is 10.3 Å². The maximum absolute atomic E-state index is 14.8. The summed E-state index contributed by atoms with van der Waals surface area (Å²) in [6, 6.07) is 11.8. The molecular weight excluding hydrogens is 463 g/mol. The maximum atomic E-state index is 14.8. The van der Waals surface area contributed by atoms with Crippen LogP contribution < -0.4 is 10.9 Å². The van der Waals surface area contributed by atoms with E-state index in [1.165, 1.54) is 6.07 Å².